The first-order valence-electron chi connectivity index (χ1n) is 8.04. The second kappa shape index (κ2) is 6.69. The molecule has 4 nitrogen and oxygen atoms in total. The molecule has 3 rings (SSSR count). The molecule has 0 aromatic heterocycles. The topological polar surface area (TPSA) is 43.8 Å². The Kier molecular flexibility index (Phi) is 4.85. The fraction of sp³-hybridized carbons (Fsp3) is 0.588. The number of carbonyl (C=O) groups is 1. The third-order valence-electron chi connectivity index (χ3n) is 5.09. The molecule has 22 heavy (non-hydrogen) atoms. The van der Waals surface area contributed by atoms with Crippen molar-refractivity contribution in [1.29, 1.82) is 0 Å². The highest BCUT2D eigenvalue weighted by atomic mass is 79.9. The maximum atomic E-state index is 13.1. The zero-order chi connectivity index (χ0) is 15.6. The Morgan fingerprint density at radius 1 is 1.14 bits per heavy atom. The molecule has 2 aliphatic rings. The van der Waals surface area contributed by atoms with Gasteiger partial charge in [-0.2, -0.15) is 0 Å². The van der Waals surface area contributed by atoms with Gasteiger partial charge in [0.05, 0.1) is 12.0 Å². The average Bonchev–Trinajstić information content (AvgIpc) is 2.49. The maximum absolute atomic E-state index is 13.1. The van der Waals surface area contributed by atoms with Crippen LogP contribution in [-0.4, -0.2) is 60.1 Å². The van der Waals surface area contributed by atoms with Gasteiger partial charge in [-0.25, -0.2) is 0 Å². The van der Waals surface area contributed by atoms with Gasteiger partial charge in [-0.05, 0) is 30.5 Å². The van der Waals surface area contributed by atoms with Gasteiger partial charge in [0, 0.05) is 37.2 Å². The molecule has 1 aliphatic carbocycles. The van der Waals surface area contributed by atoms with Gasteiger partial charge in [0.15, 0.2) is 0 Å². The Morgan fingerprint density at radius 2 is 1.77 bits per heavy atom. The molecule has 1 aliphatic heterocycles. The highest BCUT2D eigenvalue weighted by molar-refractivity contribution is 9.10. The first kappa shape index (κ1) is 16.0. The lowest BCUT2D eigenvalue weighted by atomic mass is 9.63. The average molecular weight is 367 g/mol. The van der Waals surface area contributed by atoms with Gasteiger partial charge >= 0.3 is 0 Å². The number of hydrogen-bond donors (Lipinski definition) is 1. The quantitative estimate of drug-likeness (QED) is 0.886. The number of piperazine rings is 1. The molecular formula is C17H23BrN2O2. The van der Waals surface area contributed by atoms with E-state index >= 15 is 0 Å². The second-order valence-corrected chi connectivity index (χ2v) is 7.22. The van der Waals surface area contributed by atoms with Crippen molar-refractivity contribution in [3.05, 3.63) is 34.3 Å². The molecule has 0 radical (unpaired) electrons. The van der Waals surface area contributed by atoms with E-state index in [-0.39, 0.29) is 12.0 Å². The lowest BCUT2D eigenvalue weighted by molar-refractivity contribution is -0.142. The minimum Gasteiger partial charge on any atom is -0.395 e. The normalized spacial score (nSPS) is 21.5. The van der Waals surface area contributed by atoms with Crippen LogP contribution < -0.4 is 0 Å². The molecule has 0 unspecified atom stereocenters. The van der Waals surface area contributed by atoms with Crippen LogP contribution in [0.15, 0.2) is 28.7 Å². The summed E-state index contributed by atoms with van der Waals surface area (Å²) in [5, 5.41) is 9.02. The molecule has 0 atom stereocenters. The fourth-order valence-corrected chi connectivity index (χ4v) is 3.81. The summed E-state index contributed by atoms with van der Waals surface area (Å²) >= 11 is 3.47. The number of benzene rings is 1. The standard InChI is InChI=1S/C17H23BrN2O2/c18-15-4-2-14(3-5-15)17(6-1-7-17)16(22)20-10-8-19(9-11-20)12-13-21/h2-5,21H,1,6-13H2. The van der Waals surface area contributed by atoms with E-state index < -0.39 is 0 Å². The summed E-state index contributed by atoms with van der Waals surface area (Å²) in [4.78, 5) is 17.3. The minimum absolute atomic E-state index is 0.191. The van der Waals surface area contributed by atoms with Gasteiger partial charge in [-0.1, -0.05) is 34.5 Å². The molecule has 1 aromatic carbocycles. The summed E-state index contributed by atoms with van der Waals surface area (Å²) in [5.74, 6) is 0.296. The van der Waals surface area contributed by atoms with Gasteiger partial charge in [0.1, 0.15) is 0 Å². The lowest BCUT2D eigenvalue weighted by Crippen LogP contribution is -2.56. The Morgan fingerprint density at radius 3 is 2.27 bits per heavy atom. The molecule has 1 saturated carbocycles. The van der Waals surface area contributed by atoms with E-state index in [4.69, 9.17) is 5.11 Å². The summed E-state index contributed by atoms with van der Waals surface area (Å²) in [6, 6.07) is 8.23. The van der Waals surface area contributed by atoms with Crippen LogP contribution in [0, 0.1) is 0 Å². The van der Waals surface area contributed by atoms with E-state index in [1.807, 2.05) is 17.0 Å². The SMILES string of the molecule is O=C(N1CCN(CCO)CC1)C1(c2ccc(Br)cc2)CCC1. The van der Waals surface area contributed by atoms with Crippen molar-refractivity contribution in [3.63, 3.8) is 0 Å². The predicted molar refractivity (Wildman–Crippen MR) is 89.8 cm³/mol. The molecule has 1 N–H and O–H groups in total. The van der Waals surface area contributed by atoms with Gasteiger partial charge in [0.2, 0.25) is 5.91 Å². The van der Waals surface area contributed by atoms with E-state index in [1.54, 1.807) is 0 Å². The maximum Gasteiger partial charge on any atom is 0.233 e. The smallest absolute Gasteiger partial charge is 0.233 e. The highest BCUT2D eigenvalue weighted by Crippen LogP contribution is 2.45. The summed E-state index contributed by atoms with van der Waals surface area (Å²) < 4.78 is 1.05. The second-order valence-electron chi connectivity index (χ2n) is 6.30. The van der Waals surface area contributed by atoms with Crippen molar-refractivity contribution >= 4 is 21.8 Å². The number of amides is 1. The van der Waals surface area contributed by atoms with Gasteiger partial charge in [-0.3, -0.25) is 9.69 Å². The van der Waals surface area contributed by atoms with E-state index in [0.717, 1.165) is 55.5 Å². The molecule has 0 bridgehead atoms. The van der Waals surface area contributed by atoms with E-state index in [2.05, 4.69) is 33.0 Å². The van der Waals surface area contributed by atoms with Crippen molar-refractivity contribution in [2.24, 2.45) is 0 Å². The van der Waals surface area contributed by atoms with Gasteiger partial charge < -0.3 is 10.0 Å². The number of aliphatic hydroxyl groups excluding tert-OH is 1. The van der Waals surface area contributed by atoms with Crippen molar-refractivity contribution < 1.29 is 9.90 Å². The summed E-state index contributed by atoms with van der Waals surface area (Å²) in [5.41, 5.74) is 0.865. The lowest BCUT2D eigenvalue weighted by Gasteiger charge is -2.46. The number of rotatable bonds is 4. The first-order chi connectivity index (χ1) is 10.7. The van der Waals surface area contributed by atoms with Crippen LogP contribution in [0.1, 0.15) is 24.8 Å². The molecule has 2 fully saturated rings. The minimum atomic E-state index is -0.292. The van der Waals surface area contributed by atoms with Crippen LogP contribution in [0.3, 0.4) is 0 Å². The monoisotopic (exact) mass is 366 g/mol. The van der Waals surface area contributed by atoms with Crippen LogP contribution in [0.25, 0.3) is 0 Å². The highest BCUT2D eigenvalue weighted by Gasteiger charge is 2.47. The number of nitrogens with zero attached hydrogens (tertiary/aromatic N) is 2. The molecule has 1 amide bonds. The first-order valence-corrected chi connectivity index (χ1v) is 8.84. The van der Waals surface area contributed by atoms with Crippen LogP contribution >= 0.6 is 15.9 Å². The Hall–Kier alpha value is -0.910. The van der Waals surface area contributed by atoms with Crippen molar-refractivity contribution in [3.8, 4) is 0 Å². The van der Waals surface area contributed by atoms with Crippen LogP contribution in [0.4, 0.5) is 0 Å². The van der Waals surface area contributed by atoms with Crippen LogP contribution in [-0.2, 0) is 10.2 Å². The van der Waals surface area contributed by atoms with Crippen molar-refractivity contribution in [1.82, 2.24) is 9.80 Å². The van der Waals surface area contributed by atoms with Crippen LogP contribution in [0.5, 0.6) is 0 Å². The van der Waals surface area contributed by atoms with E-state index in [1.165, 1.54) is 0 Å². The molecule has 120 valence electrons. The van der Waals surface area contributed by atoms with Crippen molar-refractivity contribution in [2.45, 2.75) is 24.7 Å². The van der Waals surface area contributed by atoms with Gasteiger partial charge in [-0.15, -0.1) is 0 Å². The number of carbonyl (C=O) groups excluding carboxylic acids is 1. The molecule has 1 aromatic rings. The summed E-state index contributed by atoms with van der Waals surface area (Å²) in [6.45, 7) is 4.18. The molecule has 1 heterocycles. The molecule has 5 heteroatoms. The summed E-state index contributed by atoms with van der Waals surface area (Å²) in [7, 11) is 0. The largest absolute Gasteiger partial charge is 0.395 e. The number of hydrogen-bond acceptors (Lipinski definition) is 3. The zero-order valence-corrected chi connectivity index (χ0v) is 14.4. The van der Waals surface area contributed by atoms with Crippen molar-refractivity contribution in [2.75, 3.05) is 39.3 Å². The van der Waals surface area contributed by atoms with Gasteiger partial charge in [0.25, 0.3) is 0 Å². The Balaban J connectivity index is 1.71. The summed E-state index contributed by atoms with van der Waals surface area (Å²) in [6.07, 6.45) is 3.06. The van der Waals surface area contributed by atoms with E-state index in [9.17, 15) is 4.79 Å². The number of halogens is 1. The fourth-order valence-electron chi connectivity index (χ4n) is 3.54. The van der Waals surface area contributed by atoms with Crippen LogP contribution in [0.2, 0.25) is 0 Å². The predicted octanol–water partition coefficient (Wildman–Crippen LogP) is 2.01. The number of β-amino-alcohol motifs (C(OH)–C–C–N with tert-alkyl or cyclic N) is 1. The molecular weight excluding hydrogens is 344 g/mol. The molecule has 0 spiro atoms. The third kappa shape index (κ3) is 2.94. The van der Waals surface area contributed by atoms with E-state index in [0.29, 0.717) is 12.5 Å². The zero-order valence-electron chi connectivity index (χ0n) is 12.8. The molecule has 1 saturated heterocycles. The Bertz CT molecular complexity index is 520. The Labute approximate surface area is 140 Å². The third-order valence-corrected chi connectivity index (χ3v) is 5.62. The number of aliphatic hydroxyl groups is 1.